The van der Waals surface area contributed by atoms with Gasteiger partial charge in [-0.25, -0.2) is 0 Å². The highest BCUT2D eigenvalue weighted by molar-refractivity contribution is 6.03. The molecule has 1 aromatic rings. The average molecular weight is 459 g/mol. The molecule has 4 unspecified atom stereocenters. The lowest BCUT2D eigenvalue weighted by Gasteiger charge is -2.29. The molecule has 6 heteroatoms. The van der Waals surface area contributed by atoms with E-state index in [1.165, 1.54) is 12.8 Å². The SMILES string of the molecule is CC1CCCCC1NC(=O)/C(C#N)=C/c1cccc(/C=C(\C#N)C(=O)NC2CCCCC2C)c1. The molecule has 0 saturated heterocycles. The van der Waals surface area contributed by atoms with E-state index in [9.17, 15) is 20.1 Å². The maximum absolute atomic E-state index is 12.7. The normalized spacial score (nSPS) is 25.5. The van der Waals surface area contributed by atoms with Crippen molar-refractivity contribution in [2.75, 3.05) is 0 Å². The lowest BCUT2D eigenvalue weighted by molar-refractivity contribution is -0.119. The highest BCUT2D eigenvalue weighted by atomic mass is 16.2. The molecule has 6 nitrogen and oxygen atoms in total. The van der Waals surface area contributed by atoms with Crippen LogP contribution in [0.1, 0.15) is 76.3 Å². The van der Waals surface area contributed by atoms with Gasteiger partial charge in [-0.3, -0.25) is 9.59 Å². The topological polar surface area (TPSA) is 106 Å². The fourth-order valence-corrected chi connectivity index (χ4v) is 4.92. The van der Waals surface area contributed by atoms with Gasteiger partial charge in [-0.1, -0.05) is 57.7 Å². The van der Waals surface area contributed by atoms with Gasteiger partial charge in [0.1, 0.15) is 23.3 Å². The molecule has 2 fully saturated rings. The maximum Gasteiger partial charge on any atom is 0.262 e. The Labute approximate surface area is 202 Å². The van der Waals surface area contributed by atoms with Gasteiger partial charge in [0, 0.05) is 12.1 Å². The first-order valence-electron chi connectivity index (χ1n) is 12.4. The summed E-state index contributed by atoms with van der Waals surface area (Å²) in [7, 11) is 0. The first-order chi connectivity index (χ1) is 16.4. The summed E-state index contributed by atoms with van der Waals surface area (Å²) in [6.45, 7) is 4.26. The third-order valence-corrected chi connectivity index (χ3v) is 7.12. The molecule has 178 valence electrons. The van der Waals surface area contributed by atoms with Crippen LogP contribution in [-0.4, -0.2) is 23.9 Å². The Morgan fingerprint density at radius 3 is 1.59 bits per heavy atom. The Bertz CT molecular complexity index is 964. The van der Waals surface area contributed by atoms with Gasteiger partial charge in [-0.2, -0.15) is 10.5 Å². The van der Waals surface area contributed by atoms with Crippen molar-refractivity contribution in [3.05, 3.63) is 46.5 Å². The zero-order chi connectivity index (χ0) is 24.5. The predicted molar refractivity (Wildman–Crippen MR) is 133 cm³/mol. The Morgan fingerprint density at radius 2 is 1.21 bits per heavy atom. The number of hydrogen-bond acceptors (Lipinski definition) is 4. The Hall–Kier alpha value is -3.38. The second kappa shape index (κ2) is 12.2. The number of amides is 2. The van der Waals surface area contributed by atoms with E-state index in [2.05, 4.69) is 24.5 Å². The van der Waals surface area contributed by atoms with Gasteiger partial charge < -0.3 is 10.6 Å². The molecule has 0 aromatic heterocycles. The Kier molecular flexibility index (Phi) is 9.05. The summed E-state index contributed by atoms with van der Waals surface area (Å²) in [5, 5.41) is 25.2. The van der Waals surface area contributed by atoms with Crippen molar-refractivity contribution in [2.24, 2.45) is 11.8 Å². The molecule has 1 aromatic carbocycles. The highest BCUT2D eigenvalue weighted by Gasteiger charge is 2.25. The fourth-order valence-electron chi connectivity index (χ4n) is 4.92. The minimum absolute atomic E-state index is 0.0449. The van der Waals surface area contributed by atoms with Crippen molar-refractivity contribution in [2.45, 2.75) is 77.3 Å². The second-order valence-electron chi connectivity index (χ2n) is 9.69. The van der Waals surface area contributed by atoms with Crippen molar-refractivity contribution in [3.8, 4) is 12.1 Å². The summed E-state index contributed by atoms with van der Waals surface area (Å²) in [4.78, 5) is 25.4. The van der Waals surface area contributed by atoms with Gasteiger partial charge in [-0.05, 0) is 66.9 Å². The minimum atomic E-state index is -0.360. The number of nitrogens with zero attached hydrogens (tertiary/aromatic N) is 2. The van der Waals surface area contributed by atoms with Crippen molar-refractivity contribution in [3.63, 3.8) is 0 Å². The van der Waals surface area contributed by atoms with Crippen LogP contribution in [0.5, 0.6) is 0 Å². The van der Waals surface area contributed by atoms with Gasteiger partial charge in [0.05, 0.1) is 0 Å². The molecule has 3 rings (SSSR count). The van der Waals surface area contributed by atoms with E-state index in [1.54, 1.807) is 36.4 Å². The zero-order valence-corrected chi connectivity index (χ0v) is 20.1. The summed E-state index contributed by atoms with van der Waals surface area (Å²) < 4.78 is 0. The van der Waals surface area contributed by atoms with Crippen LogP contribution in [0.4, 0.5) is 0 Å². The van der Waals surface area contributed by atoms with E-state index in [0.29, 0.717) is 23.0 Å². The van der Waals surface area contributed by atoms with E-state index in [1.807, 2.05) is 12.1 Å². The van der Waals surface area contributed by atoms with Crippen molar-refractivity contribution < 1.29 is 9.59 Å². The molecule has 0 aliphatic heterocycles. The highest BCUT2D eigenvalue weighted by Crippen LogP contribution is 2.25. The molecule has 2 aliphatic rings. The maximum atomic E-state index is 12.7. The van der Waals surface area contributed by atoms with Gasteiger partial charge in [-0.15, -0.1) is 0 Å². The minimum Gasteiger partial charge on any atom is -0.348 e. The van der Waals surface area contributed by atoms with Crippen LogP contribution in [0.3, 0.4) is 0 Å². The lowest BCUT2D eigenvalue weighted by Crippen LogP contribution is -2.41. The van der Waals surface area contributed by atoms with Crippen LogP contribution >= 0.6 is 0 Å². The van der Waals surface area contributed by atoms with Gasteiger partial charge in [0.25, 0.3) is 11.8 Å². The molecule has 0 heterocycles. The molecule has 4 atom stereocenters. The summed E-state index contributed by atoms with van der Waals surface area (Å²) in [6, 6.07) is 11.3. The largest absolute Gasteiger partial charge is 0.348 e. The smallest absolute Gasteiger partial charge is 0.262 e. The lowest BCUT2D eigenvalue weighted by atomic mass is 9.86. The van der Waals surface area contributed by atoms with Gasteiger partial charge in [0.2, 0.25) is 0 Å². The quantitative estimate of drug-likeness (QED) is 0.467. The number of carbonyl (C=O) groups excluding carboxylic acids is 2. The van der Waals surface area contributed by atoms with E-state index < -0.39 is 0 Å². The molecule has 2 saturated carbocycles. The van der Waals surface area contributed by atoms with Gasteiger partial charge >= 0.3 is 0 Å². The summed E-state index contributed by atoms with van der Waals surface area (Å²) in [5.74, 6) is 0.0817. The van der Waals surface area contributed by atoms with E-state index in [0.717, 1.165) is 38.5 Å². The molecule has 0 radical (unpaired) electrons. The van der Waals surface area contributed by atoms with Gasteiger partial charge in [0.15, 0.2) is 0 Å². The standard InChI is InChI=1S/C28H34N4O2/c1-19-8-3-5-12-25(19)31-27(33)23(17-29)15-21-10-7-11-22(14-21)16-24(18-30)28(34)32-26-13-6-4-9-20(26)2/h7,10-11,14-16,19-20,25-26H,3-6,8-9,12-13H2,1-2H3,(H,31,33)(H,32,34)/b23-15+,24-16+. The average Bonchev–Trinajstić information content (AvgIpc) is 2.84. The molecular formula is C28H34N4O2. The van der Waals surface area contributed by atoms with E-state index in [4.69, 9.17) is 0 Å². The fraction of sp³-hybridized carbons (Fsp3) is 0.500. The summed E-state index contributed by atoms with van der Waals surface area (Å²) in [5.41, 5.74) is 1.42. The molecule has 2 amide bonds. The van der Waals surface area contributed by atoms with Crippen molar-refractivity contribution in [1.82, 2.24) is 10.6 Å². The third kappa shape index (κ3) is 6.81. The molecule has 2 aliphatic carbocycles. The van der Waals surface area contributed by atoms with Crippen LogP contribution in [0, 0.1) is 34.5 Å². The molecule has 0 spiro atoms. The number of hydrogen-bond donors (Lipinski definition) is 2. The Balaban J connectivity index is 1.72. The Morgan fingerprint density at radius 1 is 0.794 bits per heavy atom. The van der Waals surface area contributed by atoms with Crippen LogP contribution in [0.15, 0.2) is 35.4 Å². The van der Waals surface area contributed by atoms with Crippen molar-refractivity contribution in [1.29, 1.82) is 10.5 Å². The first kappa shape index (κ1) is 25.2. The third-order valence-electron chi connectivity index (χ3n) is 7.12. The van der Waals surface area contributed by atoms with E-state index in [-0.39, 0.29) is 35.0 Å². The number of rotatable bonds is 6. The summed E-state index contributed by atoms with van der Waals surface area (Å²) in [6.07, 6.45) is 11.7. The monoisotopic (exact) mass is 458 g/mol. The molecular weight excluding hydrogens is 424 g/mol. The van der Waals surface area contributed by atoms with Crippen LogP contribution < -0.4 is 10.6 Å². The van der Waals surface area contributed by atoms with Crippen molar-refractivity contribution >= 4 is 24.0 Å². The van der Waals surface area contributed by atoms with Crippen LogP contribution in [0.2, 0.25) is 0 Å². The molecule has 34 heavy (non-hydrogen) atoms. The molecule has 2 N–H and O–H groups in total. The number of nitriles is 2. The van der Waals surface area contributed by atoms with E-state index >= 15 is 0 Å². The first-order valence-corrected chi connectivity index (χ1v) is 12.4. The number of nitrogens with one attached hydrogen (secondary N) is 2. The second-order valence-corrected chi connectivity index (χ2v) is 9.69. The van der Waals surface area contributed by atoms with Crippen LogP contribution in [-0.2, 0) is 9.59 Å². The zero-order valence-electron chi connectivity index (χ0n) is 20.1. The number of carbonyl (C=O) groups is 2. The number of benzene rings is 1. The molecule has 0 bridgehead atoms. The summed E-state index contributed by atoms with van der Waals surface area (Å²) >= 11 is 0. The van der Waals surface area contributed by atoms with Crippen LogP contribution in [0.25, 0.3) is 12.2 Å². The predicted octanol–water partition coefficient (Wildman–Crippen LogP) is 4.89.